The first kappa shape index (κ1) is 14.3. The number of nitrogens with one attached hydrogen (secondary N) is 1. The molecule has 0 spiro atoms. The zero-order valence-electron chi connectivity index (χ0n) is 10.0. The Labute approximate surface area is 108 Å². The van der Waals surface area contributed by atoms with Crippen molar-refractivity contribution in [1.82, 2.24) is 5.32 Å². The summed E-state index contributed by atoms with van der Waals surface area (Å²) >= 11 is 5.48. The van der Waals surface area contributed by atoms with E-state index in [0.29, 0.717) is 19.1 Å². The van der Waals surface area contributed by atoms with Gasteiger partial charge in [-0.15, -0.1) is 11.6 Å². The standard InChI is InChI=1S/C13H20ClNO2/c14-7-11-16-10-4-8-15-9-12-17-13-5-2-1-3-6-13/h1-3,5-6,15H,4,7-12H2. The molecule has 1 aromatic carbocycles. The zero-order chi connectivity index (χ0) is 12.2. The lowest BCUT2D eigenvalue weighted by Gasteiger charge is -2.07. The van der Waals surface area contributed by atoms with E-state index in [4.69, 9.17) is 21.1 Å². The van der Waals surface area contributed by atoms with Crippen LogP contribution in [0, 0.1) is 0 Å². The van der Waals surface area contributed by atoms with E-state index in [1.54, 1.807) is 0 Å². The Kier molecular flexibility index (Phi) is 8.73. The number of hydrogen-bond acceptors (Lipinski definition) is 3. The van der Waals surface area contributed by atoms with Crippen LogP contribution in [0.4, 0.5) is 0 Å². The maximum absolute atomic E-state index is 5.54. The minimum atomic E-state index is 0.568. The largest absolute Gasteiger partial charge is 0.492 e. The molecule has 0 atom stereocenters. The lowest BCUT2D eigenvalue weighted by atomic mass is 10.3. The molecule has 96 valence electrons. The van der Waals surface area contributed by atoms with Crippen molar-refractivity contribution in [1.29, 1.82) is 0 Å². The van der Waals surface area contributed by atoms with E-state index in [1.165, 1.54) is 0 Å². The Morgan fingerprint density at radius 3 is 2.59 bits per heavy atom. The van der Waals surface area contributed by atoms with E-state index in [9.17, 15) is 0 Å². The molecule has 1 rings (SSSR count). The molecule has 17 heavy (non-hydrogen) atoms. The first-order valence-electron chi connectivity index (χ1n) is 5.96. The van der Waals surface area contributed by atoms with Crippen LogP contribution in [0.15, 0.2) is 30.3 Å². The molecule has 0 aromatic heterocycles. The predicted molar refractivity (Wildman–Crippen MR) is 71.0 cm³/mol. The first-order chi connectivity index (χ1) is 8.43. The number of ether oxygens (including phenoxy) is 2. The highest BCUT2D eigenvalue weighted by Crippen LogP contribution is 2.07. The summed E-state index contributed by atoms with van der Waals surface area (Å²) in [5.41, 5.74) is 0. The van der Waals surface area contributed by atoms with Gasteiger partial charge in [0.05, 0.1) is 6.61 Å². The summed E-state index contributed by atoms with van der Waals surface area (Å²) in [4.78, 5) is 0. The molecule has 0 saturated heterocycles. The molecular formula is C13H20ClNO2. The first-order valence-corrected chi connectivity index (χ1v) is 6.49. The highest BCUT2D eigenvalue weighted by atomic mass is 35.5. The van der Waals surface area contributed by atoms with Crippen LogP contribution < -0.4 is 10.1 Å². The van der Waals surface area contributed by atoms with Gasteiger partial charge in [-0.3, -0.25) is 0 Å². The van der Waals surface area contributed by atoms with Crippen LogP contribution in [0.2, 0.25) is 0 Å². The van der Waals surface area contributed by atoms with E-state index >= 15 is 0 Å². The summed E-state index contributed by atoms with van der Waals surface area (Å²) in [7, 11) is 0. The summed E-state index contributed by atoms with van der Waals surface area (Å²) in [6.45, 7) is 3.88. The average Bonchev–Trinajstić information content (AvgIpc) is 2.38. The summed E-state index contributed by atoms with van der Waals surface area (Å²) in [5, 5.41) is 3.29. The fourth-order valence-electron chi connectivity index (χ4n) is 1.34. The summed E-state index contributed by atoms with van der Waals surface area (Å²) < 4.78 is 10.8. The molecule has 1 N–H and O–H groups in total. The van der Waals surface area contributed by atoms with Crippen molar-refractivity contribution in [3.63, 3.8) is 0 Å². The Hall–Kier alpha value is -0.770. The van der Waals surface area contributed by atoms with Crippen LogP contribution in [0.25, 0.3) is 0 Å². The maximum atomic E-state index is 5.54. The maximum Gasteiger partial charge on any atom is 0.119 e. The second-order valence-electron chi connectivity index (χ2n) is 3.57. The van der Waals surface area contributed by atoms with Crippen molar-refractivity contribution < 1.29 is 9.47 Å². The van der Waals surface area contributed by atoms with Crippen LogP contribution in [0.3, 0.4) is 0 Å². The second-order valence-corrected chi connectivity index (χ2v) is 3.94. The molecule has 0 aliphatic heterocycles. The number of hydrogen-bond donors (Lipinski definition) is 1. The van der Waals surface area contributed by atoms with Crippen molar-refractivity contribution in [2.24, 2.45) is 0 Å². The number of benzene rings is 1. The van der Waals surface area contributed by atoms with Gasteiger partial charge in [0.2, 0.25) is 0 Å². The summed E-state index contributed by atoms with van der Waals surface area (Å²) in [6, 6.07) is 9.83. The quantitative estimate of drug-likeness (QED) is 0.515. The second kappa shape index (κ2) is 10.4. The van der Waals surface area contributed by atoms with Gasteiger partial charge in [-0.25, -0.2) is 0 Å². The van der Waals surface area contributed by atoms with Gasteiger partial charge in [-0.2, -0.15) is 0 Å². The molecule has 0 saturated carbocycles. The average molecular weight is 258 g/mol. The van der Waals surface area contributed by atoms with Crippen molar-refractivity contribution in [3.8, 4) is 5.75 Å². The molecule has 0 radical (unpaired) electrons. The van der Waals surface area contributed by atoms with Gasteiger partial charge in [0.25, 0.3) is 0 Å². The molecule has 0 fully saturated rings. The summed E-state index contributed by atoms with van der Waals surface area (Å²) in [6.07, 6.45) is 1.00. The SMILES string of the molecule is ClCCOCCCNCCOc1ccccc1. The van der Waals surface area contributed by atoms with E-state index in [2.05, 4.69) is 5.32 Å². The van der Waals surface area contributed by atoms with Gasteiger partial charge in [0.1, 0.15) is 12.4 Å². The van der Waals surface area contributed by atoms with Gasteiger partial charge in [0.15, 0.2) is 0 Å². The molecule has 0 aliphatic carbocycles. The van der Waals surface area contributed by atoms with Gasteiger partial charge < -0.3 is 14.8 Å². The smallest absolute Gasteiger partial charge is 0.119 e. The van der Waals surface area contributed by atoms with Crippen LogP contribution in [0.1, 0.15) is 6.42 Å². The Balaban J connectivity index is 1.85. The molecule has 3 nitrogen and oxygen atoms in total. The van der Waals surface area contributed by atoms with E-state index in [0.717, 1.165) is 31.9 Å². The molecule has 0 heterocycles. The van der Waals surface area contributed by atoms with Gasteiger partial charge >= 0.3 is 0 Å². The third-order valence-corrected chi connectivity index (χ3v) is 2.31. The predicted octanol–water partition coefficient (Wildman–Crippen LogP) is 2.30. The van der Waals surface area contributed by atoms with Crippen molar-refractivity contribution in [3.05, 3.63) is 30.3 Å². The Morgan fingerprint density at radius 1 is 1.00 bits per heavy atom. The summed E-state index contributed by atoms with van der Waals surface area (Å²) in [5.74, 6) is 1.48. The lowest BCUT2D eigenvalue weighted by molar-refractivity contribution is 0.146. The van der Waals surface area contributed by atoms with Crippen LogP contribution in [-0.4, -0.2) is 38.8 Å². The third kappa shape index (κ3) is 8.02. The van der Waals surface area contributed by atoms with Crippen molar-refractivity contribution in [2.75, 3.05) is 38.8 Å². The molecule has 4 heteroatoms. The minimum Gasteiger partial charge on any atom is -0.492 e. The van der Waals surface area contributed by atoms with Crippen LogP contribution in [0.5, 0.6) is 5.75 Å². The monoisotopic (exact) mass is 257 g/mol. The third-order valence-electron chi connectivity index (χ3n) is 2.15. The highest BCUT2D eigenvalue weighted by molar-refractivity contribution is 6.17. The molecular weight excluding hydrogens is 238 g/mol. The minimum absolute atomic E-state index is 0.568. The number of para-hydroxylation sites is 1. The molecule has 0 amide bonds. The van der Waals surface area contributed by atoms with Gasteiger partial charge in [-0.1, -0.05) is 18.2 Å². The van der Waals surface area contributed by atoms with Crippen LogP contribution >= 0.6 is 11.6 Å². The topological polar surface area (TPSA) is 30.5 Å². The number of rotatable bonds is 10. The molecule has 0 aliphatic rings. The van der Waals surface area contributed by atoms with E-state index < -0.39 is 0 Å². The van der Waals surface area contributed by atoms with Gasteiger partial charge in [0, 0.05) is 19.0 Å². The molecule has 1 aromatic rings. The van der Waals surface area contributed by atoms with Crippen LogP contribution in [-0.2, 0) is 4.74 Å². The van der Waals surface area contributed by atoms with Gasteiger partial charge in [-0.05, 0) is 25.1 Å². The molecule has 0 unspecified atom stereocenters. The molecule has 0 bridgehead atoms. The fourth-order valence-corrected chi connectivity index (χ4v) is 1.45. The van der Waals surface area contributed by atoms with Crippen molar-refractivity contribution >= 4 is 11.6 Å². The Morgan fingerprint density at radius 2 is 1.82 bits per heavy atom. The normalized spacial score (nSPS) is 10.4. The number of halogens is 1. The highest BCUT2D eigenvalue weighted by Gasteiger charge is 1.92. The Bertz CT molecular complexity index is 269. The van der Waals surface area contributed by atoms with E-state index in [-0.39, 0.29) is 0 Å². The van der Waals surface area contributed by atoms with Crippen molar-refractivity contribution in [2.45, 2.75) is 6.42 Å². The fraction of sp³-hybridized carbons (Fsp3) is 0.538. The lowest BCUT2D eigenvalue weighted by Crippen LogP contribution is -2.23. The zero-order valence-corrected chi connectivity index (χ0v) is 10.8. The van der Waals surface area contributed by atoms with E-state index in [1.807, 2.05) is 30.3 Å². The number of alkyl halides is 1.